The van der Waals surface area contributed by atoms with Crippen molar-refractivity contribution < 1.29 is 4.74 Å². The molecule has 1 heterocycles. The molecule has 0 aromatic carbocycles. The summed E-state index contributed by atoms with van der Waals surface area (Å²) in [5.74, 6) is 0. The Labute approximate surface area is 86.9 Å². The van der Waals surface area contributed by atoms with Gasteiger partial charge in [-0.2, -0.15) is 0 Å². The van der Waals surface area contributed by atoms with E-state index >= 15 is 0 Å². The van der Waals surface area contributed by atoms with Crippen LogP contribution < -0.4 is 5.73 Å². The Morgan fingerprint density at radius 3 is 2.85 bits per heavy atom. The van der Waals surface area contributed by atoms with Gasteiger partial charge in [0.1, 0.15) is 4.99 Å². The van der Waals surface area contributed by atoms with E-state index in [2.05, 4.69) is 11.9 Å². The van der Waals surface area contributed by atoms with E-state index in [1.165, 1.54) is 0 Å². The number of aryl methyl sites for hydroxylation is 1. The molecule has 0 aliphatic rings. The highest BCUT2D eigenvalue weighted by Gasteiger charge is 2.11. The molecule has 72 valence electrons. The second-order valence-electron chi connectivity index (χ2n) is 2.53. The number of ether oxygens (including phenoxy) is 1. The fourth-order valence-electron chi connectivity index (χ4n) is 0.979. The predicted molar refractivity (Wildman–Crippen MR) is 58.1 cm³/mol. The predicted octanol–water partition coefficient (Wildman–Crippen LogP) is 1.49. The monoisotopic (exact) mass is 216 g/mol. The average molecular weight is 216 g/mol. The molecule has 5 heteroatoms. The van der Waals surface area contributed by atoms with Crippen LogP contribution in [0.5, 0.6) is 0 Å². The zero-order valence-corrected chi connectivity index (χ0v) is 9.30. The minimum atomic E-state index is 0.407. The number of hydrogen-bond donors (Lipinski definition) is 1. The van der Waals surface area contributed by atoms with Crippen LogP contribution in [-0.4, -0.2) is 17.1 Å². The highest BCUT2D eigenvalue weighted by atomic mass is 32.1. The third-order valence-electron chi connectivity index (χ3n) is 1.55. The van der Waals surface area contributed by atoms with Gasteiger partial charge in [0.05, 0.1) is 22.2 Å². The van der Waals surface area contributed by atoms with E-state index in [0.717, 1.165) is 22.0 Å². The fraction of sp³-hybridized carbons (Fsp3) is 0.500. The number of thiazole rings is 1. The van der Waals surface area contributed by atoms with Crippen LogP contribution in [0, 0.1) is 0 Å². The van der Waals surface area contributed by atoms with Gasteiger partial charge < -0.3 is 10.5 Å². The first-order valence-corrected chi connectivity index (χ1v) is 5.18. The Kier molecular flexibility index (Phi) is 3.77. The van der Waals surface area contributed by atoms with Crippen LogP contribution in [0.25, 0.3) is 0 Å². The second-order valence-corrected chi connectivity index (χ2v) is 4.06. The quantitative estimate of drug-likeness (QED) is 0.775. The summed E-state index contributed by atoms with van der Waals surface area (Å²) >= 11 is 6.47. The summed E-state index contributed by atoms with van der Waals surface area (Å²) in [6.45, 7) is 2.53. The van der Waals surface area contributed by atoms with E-state index < -0.39 is 0 Å². The maximum absolute atomic E-state index is 5.56. The molecular formula is C8H12N2OS2. The Morgan fingerprint density at radius 1 is 1.69 bits per heavy atom. The van der Waals surface area contributed by atoms with E-state index in [0.29, 0.717) is 11.6 Å². The molecule has 1 aromatic rings. The van der Waals surface area contributed by atoms with Gasteiger partial charge in [-0.1, -0.05) is 19.1 Å². The molecule has 1 aromatic heterocycles. The molecule has 2 N–H and O–H groups in total. The lowest BCUT2D eigenvalue weighted by Crippen LogP contribution is -2.10. The fourth-order valence-corrected chi connectivity index (χ4v) is 2.08. The first-order chi connectivity index (χ1) is 6.19. The van der Waals surface area contributed by atoms with Crippen molar-refractivity contribution >= 4 is 28.5 Å². The van der Waals surface area contributed by atoms with Gasteiger partial charge >= 0.3 is 0 Å². The van der Waals surface area contributed by atoms with Gasteiger partial charge in [-0.05, 0) is 6.42 Å². The summed E-state index contributed by atoms with van der Waals surface area (Å²) in [6, 6.07) is 0. The lowest BCUT2D eigenvalue weighted by molar-refractivity contribution is 0.182. The Bertz CT molecular complexity index is 309. The highest BCUT2D eigenvalue weighted by Crippen LogP contribution is 2.19. The average Bonchev–Trinajstić information content (AvgIpc) is 2.48. The summed E-state index contributed by atoms with van der Waals surface area (Å²) in [4.78, 5) is 5.66. The molecule has 0 spiro atoms. The number of nitrogens with two attached hydrogens (primary N) is 1. The molecule has 0 radical (unpaired) electrons. The third kappa shape index (κ3) is 2.46. The molecule has 0 saturated carbocycles. The first kappa shape index (κ1) is 10.6. The topological polar surface area (TPSA) is 48.1 Å². The normalized spacial score (nSPS) is 10.3. The number of rotatable bonds is 4. The smallest absolute Gasteiger partial charge is 0.116 e. The molecule has 1 rings (SSSR count). The van der Waals surface area contributed by atoms with Gasteiger partial charge in [0.2, 0.25) is 0 Å². The molecule has 0 atom stereocenters. The van der Waals surface area contributed by atoms with Gasteiger partial charge in [0.25, 0.3) is 0 Å². The van der Waals surface area contributed by atoms with Gasteiger partial charge in [0.15, 0.2) is 0 Å². The second kappa shape index (κ2) is 4.64. The summed E-state index contributed by atoms with van der Waals surface area (Å²) in [5, 5.41) is 1.05. The van der Waals surface area contributed by atoms with E-state index in [1.807, 2.05) is 0 Å². The Morgan fingerprint density at radius 2 is 2.38 bits per heavy atom. The molecule has 0 saturated heterocycles. The van der Waals surface area contributed by atoms with Crippen molar-refractivity contribution in [1.82, 2.24) is 4.98 Å². The number of aromatic nitrogens is 1. The maximum Gasteiger partial charge on any atom is 0.116 e. The van der Waals surface area contributed by atoms with E-state index in [-0.39, 0.29) is 0 Å². The zero-order chi connectivity index (χ0) is 9.84. The van der Waals surface area contributed by atoms with Gasteiger partial charge in [-0.25, -0.2) is 4.98 Å². The number of methoxy groups -OCH3 is 1. The van der Waals surface area contributed by atoms with Crippen molar-refractivity contribution in [3.63, 3.8) is 0 Å². The standard InChI is InChI=1S/C8H12N2OS2/c1-3-6-10-5(4-11-2)7(13-6)8(9)12/h3-4H2,1-2H3,(H2,9,12). The molecule has 0 bridgehead atoms. The van der Waals surface area contributed by atoms with Crippen molar-refractivity contribution in [3.8, 4) is 0 Å². The summed E-state index contributed by atoms with van der Waals surface area (Å²) < 4.78 is 5.01. The van der Waals surface area contributed by atoms with Gasteiger partial charge in [0, 0.05) is 7.11 Å². The lowest BCUT2D eigenvalue weighted by Gasteiger charge is -1.97. The van der Waals surface area contributed by atoms with Crippen molar-refractivity contribution in [3.05, 3.63) is 15.6 Å². The highest BCUT2D eigenvalue weighted by molar-refractivity contribution is 7.81. The van der Waals surface area contributed by atoms with Gasteiger partial charge in [-0.3, -0.25) is 0 Å². The summed E-state index contributed by atoms with van der Waals surface area (Å²) in [6.07, 6.45) is 0.907. The molecule has 0 aliphatic carbocycles. The zero-order valence-electron chi connectivity index (χ0n) is 7.66. The third-order valence-corrected chi connectivity index (χ3v) is 3.16. The summed E-state index contributed by atoms with van der Waals surface area (Å²) in [7, 11) is 1.63. The van der Waals surface area contributed by atoms with Crippen molar-refractivity contribution in [2.75, 3.05) is 7.11 Å². The van der Waals surface area contributed by atoms with Crippen LogP contribution in [-0.2, 0) is 17.8 Å². The molecule has 13 heavy (non-hydrogen) atoms. The van der Waals surface area contributed by atoms with Gasteiger partial charge in [-0.15, -0.1) is 11.3 Å². The van der Waals surface area contributed by atoms with E-state index in [1.54, 1.807) is 18.4 Å². The maximum atomic E-state index is 5.56. The number of nitrogens with zero attached hydrogens (tertiary/aromatic N) is 1. The Balaban J connectivity index is 3.00. The summed E-state index contributed by atoms with van der Waals surface area (Å²) in [5.41, 5.74) is 6.42. The molecular weight excluding hydrogens is 204 g/mol. The molecule has 0 aliphatic heterocycles. The van der Waals surface area contributed by atoms with Crippen molar-refractivity contribution in [2.24, 2.45) is 5.73 Å². The number of thiocarbonyl (C=S) groups is 1. The largest absolute Gasteiger partial charge is 0.389 e. The Hall–Kier alpha value is -0.520. The van der Waals surface area contributed by atoms with Crippen LogP contribution in [0.1, 0.15) is 22.5 Å². The lowest BCUT2D eigenvalue weighted by atomic mass is 10.4. The molecule has 0 fully saturated rings. The van der Waals surface area contributed by atoms with Crippen molar-refractivity contribution in [1.29, 1.82) is 0 Å². The first-order valence-electron chi connectivity index (χ1n) is 3.96. The van der Waals surface area contributed by atoms with Crippen LogP contribution in [0.2, 0.25) is 0 Å². The van der Waals surface area contributed by atoms with Crippen LogP contribution >= 0.6 is 23.6 Å². The minimum Gasteiger partial charge on any atom is -0.389 e. The van der Waals surface area contributed by atoms with Crippen LogP contribution in [0.3, 0.4) is 0 Å². The van der Waals surface area contributed by atoms with Crippen LogP contribution in [0.4, 0.5) is 0 Å². The SMILES string of the molecule is CCc1nc(COC)c(C(N)=S)s1. The minimum absolute atomic E-state index is 0.407. The van der Waals surface area contributed by atoms with Crippen molar-refractivity contribution in [2.45, 2.75) is 20.0 Å². The van der Waals surface area contributed by atoms with E-state index in [4.69, 9.17) is 22.7 Å². The number of hydrogen-bond acceptors (Lipinski definition) is 4. The molecule has 0 amide bonds. The molecule has 0 unspecified atom stereocenters. The van der Waals surface area contributed by atoms with E-state index in [9.17, 15) is 0 Å². The molecule has 3 nitrogen and oxygen atoms in total. The van der Waals surface area contributed by atoms with Crippen LogP contribution in [0.15, 0.2) is 0 Å².